The molecule has 15 heavy (non-hydrogen) atoms. The molecule has 0 aromatic heterocycles. The molecule has 0 aliphatic heterocycles. The van der Waals surface area contributed by atoms with Crippen molar-refractivity contribution < 1.29 is 14.7 Å². The number of hydrogen-bond donors (Lipinski definition) is 2. The van der Waals surface area contributed by atoms with Crippen molar-refractivity contribution in [2.45, 2.75) is 6.42 Å². The third-order valence-corrected chi connectivity index (χ3v) is 3.35. The van der Waals surface area contributed by atoms with Gasteiger partial charge in [0.1, 0.15) is 5.75 Å². The van der Waals surface area contributed by atoms with E-state index in [0.29, 0.717) is 0 Å². The van der Waals surface area contributed by atoms with Crippen LogP contribution in [0.3, 0.4) is 0 Å². The molecule has 1 rings (SSSR count). The van der Waals surface area contributed by atoms with Crippen LogP contribution < -0.4 is 10.2 Å². The second-order valence-electron chi connectivity index (χ2n) is 2.80. The van der Waals surface area contributed by atoms with Gasteiger partial charge in [0.15, 0.2) is 0 Å². The number of rotatable bonds is 3. The lowest BCUT2D eigenvalue weighted by atomic mass is 10.1. The number of ether oxygens (including phenoxy) is 1. The van der Waals surface area contributed by atoms with Gasteiger partial charge in [0.2, 0.25) is 5.91 Å². The molecular formula is C9H9I2NO3. The van der Waals surface area contributed by atoms with Gasteiger partial charge in [0, 0.05) is 0 Å². The van der Waals surface area contributed by atoms with Gasteiger partial charge in [0.05, 0.1) is 20.7 Å². The Kier molecular flexibility index (Phi) is 5.06. The van der Waals surface area contributed by atoms with Crippen LogP contribution in [0.1, 0.15) is 5.56 Å². The molecule has 0 atom stereocenters. The lowest BCUT2D eigenvalue weighted by Gasteiger charge is -2.08. The Morgan fingerprint density at radius 2 is 2.00 bits per heavy atom. The molecule has 0 saturated heterocycles. The number of carbonyl (C=O) groups excluding carboxylic acids is 1. The van der Waals surface area contributed by atoms with Crippen LogP contribution in [-0.4, -0.2) is 18.2 Å². The van der Waals surface area contributed by atoms with Crippen LogP contribution in [-0.2, 0) is 11.2 Å². The zero-order valence-electron chi connectivity index (χ0n) is 7.88. The van der Waals surface area contributed by atoms with E-state index in [1.54, 1.807) is 12.6 Å². The van der Waals surface area contributed by atoms with E-state index in [2.05, 4.69) is 45.2 Å². The quantitative estimate of drug-likeness (QED) is 0.436. The molecule has 0 aliphatic rings. The largest absolute Gasteiger partial charge is 0.495 e. The molecule has 0 unspecified atom stereocenters. The zero-order chi connectivity index (χ0) is 11.4. The fourth-order valence-electron chi connectivity index (χ4n) is 1.13. The van der Waals surface area contributed by atoms with Gasteiger partial charge in [-0.2, -0.15) is 0 Å². The first kappa shape index (κ1) is 13.0. The number of hydroxylamine groups is 1. The second kappa shape index (κ2) is 5.85. The van der Waals surface area contributed by atoms with E-state index in [-0.39, 0.29) is 6.42 Å². The van der Waals surface area contributed by atoms with Crippen LogP contribution in [0.15, 0.2) is 12.1 Å². The van der Waals surface area contributed by atoms with Crippen LogP contribution in [0.5, 0.6) is 5.75 Å². The fraction of sp³-hybridized carbons (Fsp3) is 0.222. The van der Waals surface area contributed by atoms with Crippen molar-refractivity contribution in [3.63, 3.8) is 0 Å². The number of amides is 1. The first-order chi connectivity index (χ1) is 7.08. The van der Waals surface area contributed by atoms with Crippen LogP contribution in [0.2, 0.25) is 0 Å². The van der Waals surface area contributed by atoms with E-state index in [1.165, 1.54) is 0 Å². The van der Waals surface area contributed by atoms with Gasteiger partial charge in [-0.05, 0) is 62.9 Å². The highest BCUT2D eigenvalue weighted by Gasteiger charge is 2.09. The molecule has 0 aliphatic carbocycles. The Hall–Kier alpha value is -0.0900. The van der Waals surface area contributed by atoms with E-state index in [9.17, 15) is 4.79 Å². The summed E-state index contributed by atoms with van der Waals surface area (Å²) < 4.78 is 7.09. The number of carbonyl (C=O) groups is 1. The highest BCUT2D eigenvalue weighted by Crippen LogP contribution is 2.28. The maximum absolute atomic E-state index is 11.0. The molecule has 1 aromatic rings. The molecule has 0 fully saturated rings. The highest BCUT2D eigenvalue weighted by atomic mass is 127. The van der Waals surface area contributed by atoms with Gasteiger partial charge < -0.3 is 4.74 Å². The summed E-state index contributed by atoms with van der Waals surface area (Å²) in [5.74, 6) is 0.385. The summed E-state index contributed by atoms with van der Waals surface area (Å²) in [5, 5.41) is 8.41. The van der Waals surface area contributed by atoms with Crippen LogP contribution in [0, 0.1) is 7.14 Å². The maximum Gasteiger partial charge on any atom is 0.247 e. The molecule has 0 radical (unpaired) electrons. The van der Waals surface area contributed by atoms with Crippen molar-refractivity contribution in [2.75, 3.05) is 7.11 Å². The molecule has 0 bridgehead atoms. The van der Waals surface area contributed by atoms with E-state index in [0.717, 1.165) is 18.5 Å². The molecule has 2 N–H and O–H groups in total. The Morgan fingerprint density at radius 3 is 2.40 bits per heavy atom. The molecule has 4 nitrogen and oxygen atoms in total. The molecule has 82 valence electrons. The monoisotopic (exact) mass is 433 g/mol. The smallest absolute Gasteiger partial charge is 0.247 e. The average molecular weight is 433 g/mol. The van der Waals surface area contributed by atoms with E-state index in [1.807, 2.05) is 12.1 Å². The Bertz CT molecular complexity index is 359. The summed E-state index contributed by atoms with van der Waals surface area (Å²) >= 11 is 4.29. The first-order valence-electron chi connectivity index (χ1n) is 4.03. The lowest BCUT2D eigenvalue weighted by Crippen LogP contribution is -2.20. The molecule has 1 amide bonds. The SMILES string of the molecule is COc1c(I)cc(CC(=O)NO)cc1I. The molecule has 0 saturated carbocycles. The number of hydrogen-bond acceptors (Lipinski definition) is 3. The third-order valence-electron chi connectivity index (χ3n) is 1.75. The minimum atomic E-state index is -0.424. The Morgan fingerprint density at radius 1 is 1.47 bits per heavy atom. The number of nitrogens with one attached hydrogen (secondary N) is 1. The zero-order valence-corrected chi connectivity index (χ0v) is 12.2. The second-order valence-corrected chi connectivity index (χ2v) is 5.13. The predicted octanol–water partition coefficient (Wildman–Crippen LogP) is 1.95. The molecular weight excluding hydrogens is 424 g/mol. The summed E-state index contributed by atoms with van der Waals surface area (Å²) in [5.41, 5.74) is 2.45. The molecule has 6 heteroatoms. The van der Waals surface area contributed by atoms with Crippen molar-refractivity contribution in [3.05, 3.63) is 24.8 Å². The van der Waals surface area contributed by atoms with Crippen molar-refractivity contribution in [2.24, 2.45) is 0 Å². The van der Waals surface area contributed by atoms with E-state index in [4.69, 9.17) is 9.94 Å². The van der Waals surface area contributed by atoms with Gasteiger partial charge >= 0.3 is 0 Å². The van der Waals surface area contributed by atoms with Crippen molar-refractivity contribution >= 4 is 51.1 Å². The lowest BCUT2D eigenvalue weighted by molar-refractivity contribution is -0.128. The Labute approximate surface area is 115 Å². The third kappa shape index (κ3) is 3.45. The highest BCUT2D eigenvalue weighted by molar-refractivity contribution is 14.1. The van der Waals surface area contributed by atoms with Crippen molar-refractivity contribution in [3.8, 4) is 5.75 Å². The van der Waals surface area contributed by atoms with Gasteiger partial charge in [0.25, 0.3) is 0 Å². The summed E-state index contributed by atoms with van der Waals surface area (Å²) in [6.45, 7) is 0. The van der Waals surface area contributed by atoms with Gasteiger partial charge in [-0.3, -0.25) is 10.0 Å². The summed E-state index contributed by atoms with van der Waals surface area (Å²) in [6, 6.07) is 3.72. The van der Waals surface area contributed by atoms with Crippen molar-refractivity contribution in [1.82, 2.24) is 5.48 Å². The summed E-state index contributed by atoms with van der Waals surface area (Å²) in [4.78, 5) is 11.0. The number of methoxy groups -OCH3 is 1. The van der Waals surface area contributed by atoms with E-state index >= 15 is 0 Å². The summed E-state index contributed by atoms with van der Waals surface area (Å²) in [7, 11) is 1.61. The predicted molar refractivity (Wildman–Crippen MR) is 72.1 cm³/mol. The van der Waals surface area contributed by atoms with E-state index < -0.39 is 5.91 Å². The maximum atomic E-state index is 11.0. The number of benzene rings is 1. The summed E-state index contributed by atoms with van der Waals surface area (Å²) in [6.07, 6.45) is 0.159. The standard InChI is InChI=1S/C9H9I2NO3/c1-15-9-6(10)2-5(3-7(9)11)4-8(13)12-14/h2-3,14H,4H2,1H3,(H,12,13). The van der Waals surface area contributed by atoms with Gasteiger partial charge in [-0.25, -0.2) is 5.48 Å². The average Bonchev–Trinajstić information content (AvgIpc) is 2.17. The first-order valence-corrected chi connectivity index (χ1v) is 6.19. The van der Waals surface area contributed by atoms with Crippen LogP contribution >= 0.6 is 45.2 Å². The molecule has 0 heterocycles. The van der Waals surface area contributed by atoms with Crippen molar-refractivity contribution in [1.29, 1.82) is 0 Å². The van der Waals surface area contributed by atoms with Crippen LogP contribution in [0.25, 0.3) is 0 Å². The number of halogens is 2. The normalized spacial score (nSPS) is 9.87. The van der Waals surface area contributed by atoms with Gasteiger partial charge in [-0.15, -0.1) is 0 Å². The Balaban J connectivity index is 2.98. The fourth-order valence-corrected chi connectivity index (χ4v) is 3.47. The van der Waals surface area contributed by atoms with Gasteiger partial charge in [-0.1, -0.05) is 0 Å². The molecule has 1 aromatic carbocycles. The molecule has 0 spiro atoms. The topological polar surface area (TPSA) is 58.6 Å². The minimum Gasteiger partial charge on any atom is -0.495 e. The minimum absolute atomic E-state index is 0.159. The van der Waals surface area contributed by atoms with Crippen LogP contribution in [0.4, 0.5) is 0 Å².